The molecule has 0 aromatic carbocycles. The molecule has 4 nitrogen and oxygen atoms in total. The Bertz CT molecular complexity index is 388. The Balaban J connectivity index is 2.10. The normalized spacial score (nSPS) is 20.2. The molecule has 2 heterocycles. The van der Waals surface area contributed by atoms with E-state index < -0.39 is 0 Å². The molecule has 2 rings (SSSR count). The first kappa shape index (κ1) is 11.4. The summed E-state index contributed by atoms with van der Waals surface area (Å²) in [6.07, 6.45) is 0. The van der Waals surface area contributed by atoms with Gasteiger partial charge in [0, 0.05) is 23.4 Å². The van der Waals surface area contributed by atoms with E-state index in [1.807, 2.05) is 11.3 Å². The quantitative estimate of drug-likeness (QED) is 0.863. The summed E-state index contributed by atoms with van der Waals surface area (Å²) in [5.74, 6) is 0.633. The van der Waals surface area contributed by atoms with Gasteiger partial charge in [-0.05, 0) is 19.1 Å². The van der Waals surface area contributed by atoms with Crippen LogP contribution in [0.2, 0.25) is 0 Å². The topological polar surface area (TPSA) is 50.9 Å². The van der Waals surface area contributed by atoms with Gasteiger partial charge in [-0.15, -0.1) is 11.3 Å². The van der Waals surface area contributed by atoms with Crippen molar-refractivity contribution in [1.29, 1.82) is 0 Å². The highest BCUT2D eigenvalue weighted by atomic mass is 32.1. The fourth-order valence-electron chi connectivity index (χ4n) is 1.87. The van der Waals surface area contributed by atoms with Crippen LogP contribution in [0.1, 0.15) is 15.8 Å². The molecule has 0 radical (unpaired) electrons. The second kappa shape index (κ2) is 4.84. The molecule has 0 fully saturated rings. The molecule has 0 spiro atoms. The van der Waals surface area contributed by atoms with E-state index in [4.69, 9.17) is 10.5 Å². The van der Waals surface area contributed by atoms with Crippen molar-refractivity contribution in [3.8, 4) is 0 Å². The maximum Gasteiger partial charge on any atom is 0.192 e. The molecular formula is C11H17N3OS. The van der Waals surface area contributed by atoms with Gasteiger partial charge in [0.1, 0.15) is 0 Å². The minimum Gasteiger partial charge on any atom is -0.383 e. The first-order valence-corrected chi connectivity index (χ1v) is 6.16. The Hall–Kier alpha value is -1.07. The number of rotatable bonds is 4. The molecule has 5 heteroatoms. The van der Waals surface area contributed by atoms with E-state index in [2.05, 4.69) is 28.9 Å². The van der Waals surface area contributed by atoms with Gasteiger partial charge in [-0.25, -0.2) is 0 Å². The third-order valence-electron chi connectivity index (χ3n) is 2.72. The average Bonchev–Trinajstić information content (AvgIpc) is 2.82. The molecule has 1 unspecified atom stereocenters. The van der Waals surface area contributed by atoms with E-state index in [0.717, 1.165) is 13.1 Å². The van der Waals surface area contributed by atoms with Crippen molar-refractivity contribution < 1.29 is 4.74 Å². The van der Waals surface area contributed by atoms with Gasteiger partial charge in [0.05, 0.1) is 19.2 Å². The Labute approximate surface area is 99.7 Å². The van der Waals surface area contributed by atoms with Crippen LogP contribution in [0, 0.1) is 6.92 Å². The molecule has 1 aliphatic heterocycles. The molecule has 1 aliphatic rings. The zero-order valence-corrected chi connectivity index (χ0v) is 10.5. The number of methoxy groups -OCH3 is 1. The summed E-state index contributed by atoms with van der Waals surface area (Å²) in [5.41, 5.74) is 5.88. The van der Waals surface area contributed by atoms with Crippen molar-refractivity contribution in [1.82, 2.24) is 4.90 Å². The Morgan fingerprint density at radius 2 is 2.44 bits per heavy atom. The summed E-state index contributed by atoms with van der Waals surface area (Å²) in [4.78, 5) is 9.09. The number of guanidine groups is 1. The Morgan fingerprint density at radius 3 is 3.06 bits per heavy atom. The molecule has 0 amide bonds. The van der Waals surface area contributed by atoms with E-state index in [9.17, 15) is 0 Å². The van der Waals surface area contributed by atoms with Crippen molar-refractivity contribution in [3.63, 3.8) is 0 Å². The van der Waals surface area contributed by atoms with Crippen LogP contribution in [0.15, 0.2) is 17.1 Å². The zero-order chi connectivity index (χ0) is 11.5. The van der Waals surface area contributed by atoms with E-state index in [0.29, 0.717) is 18.6 Å². The molecule has 1 atom stereocenters. The fourth-order valence-corrected chi connectivity index (χ4v) is 2.85. The number of nitrogens with two attached hydrogens (primary N) is 1. The molecule has 2 N–H and O–H groups in total. The highest BCUT2D eigenvalue weighted by Crippen LogP contribution is 2.30. The molecule has 88 valence electrons. The van der Waals surface area contributed by atoms with Crippen LogP contribution in [-0.4, -0.2) is 37.7 Å². The largest absolute Gasteiger partial charge is 0.383 e. The highest BCUT2D eigenvalue weighted by molar-refractivity contribution is 7.12. The van der Waals surface area contributed by atoms with Crippen LogP contribution in [0.3, 0.4) is 0 Å². The maximum atomic E-state index is 5.88. The number of hydrogen-bond acceptors (Lipinski definition) is 5. The smallest absolute Gasteiger partial charge is 0.192 e. The van der Waals surface area contributed by atoms with Crippen molar-refractivity contribution in [2.75, 3.05) is 26.8 Å². The van der Waals surface area contributed by atoms with Crippen LogP contribution in [0.4, 0.5) is 0 Å². The number of ether oxygens (including phenoxy) is 1. The summed E-state index contributed by atoms with van der Waals surface area (Å²) < 4.78 is 5.09. The van der Waals surface area contributed by atoms with Crippen LogP contribution in [0.25, 0.3) is 0 Å². The molecule has 0 bridgehead atoms. The molecule has 1 aromatic heterocycles. The maximum absolute atomic E-state index is 5.88. The van der Waals surface area contributed by atoms with E-state index in [-0.39, 0.29) is 0 Å². The molecular weight excluding hydrogens is 222 g/mol. The SMILES string of the molecule is COCCN1C(N)=NCC1c1ccc(C)s1. The van der Waals surface area contributed by atoms with Crippen LogP contribution < -0.4 is 5.73 Å². The lowest BCUT2D eigenvalue weighted by molar-refractivity contribution is 0.167. The van der Waals surface area contributed by atoms with Crippen molar-refractivity contribution in [3.05, 3.63) is 21.9 Å². The summed E-state index contributed by atoms with van der Waals surface area (Å²) in [6.45, 7) is 4.35. The van der Waals surface area contributed by atoms with Crippen molar-refractivity contribution in [2.45, 2.75) is 13.0 Å². The number of hydrogen-bond donors (Lipinski definition) is 1. The predicted molar refractivity (Wildman–Crippen MR) is 66.9 cm³/mol. The van der Waals surface area contributed by atoms with Gasteiger partial charge >= 0.3 is 0 Å². The minimum atomic E-state index is 0.300. The molecule has 0 saturated carbocycles. The van der Waals surface area contributed by atoms with Crippen molar-refractivity contribution in [2.24, 2.45) is 10.7 Å². The van der Waals surface area contributed by atoms with Gasteiger partial charge in [-0.2, -0.15) is 0 Å². The predicted octanol–water partition coefficient (Wildman–Crippen LogP) is 1.37. The van der Waals surface area contributed by atoms with Gasteiger partial charge in [0.15, 0.2) is 5.96 Å². The van der Waals surface area contributed by atoms with Crippen LogP contribution in [-0.2, 0) is 4.74 Å². The van der Waals surface area contributed by atoms with Gasteiger partial charge in [0.25, 0.3) is 0 Å². The number of nitrogens with zero attached hydrogens (tertiary/aromatic N) is 2. The third-order valence-corrected chi connectivity index (χ3v) is 3.82. The number of aryl methyl sites for hydroxylation is 1. The second-order valence-corrected chi connectivity index (χ2v) is 5.17. The highest BCUT2D eigenvalue weighted by Gasteiger charge is 2.27. The zero-order valence-electron chi connectivity index (χ0n) is 9.64. The lowest BCUT2D eigenvalue weighted by Crippen LogP contribution is -2.38. The van der Waals surface area contributed by atoms with Gasteiger partial charge in [0.2, 0.25) is 0 Å². The number of aliphatic imine (C=N–C) groups is 1. The van der Waals surface area contributed by atoms with Gasteiger partial charge < -0.3 is 15.4 Å². The Morgan fingerprint density at radius 1 is 1.62 bits per heavy atom. The summed E-state index contributed by atoms with van der Waals surface area (Å²) in [5, 5.41) is 0. The van der Waals surface area contributed by atoms with Crippen LogP contribution in [0.5, 0.6) is 0 Å². The minimum absolute atomic E-state index is 0.300. The number of thiophene rings is 1. The summed E-state index contributed by atoms with van der Waals surface area (Å²) in [6, 6.07) is 4.61. The molecule has 0 aliphatic carbocycles. The van der Waals surface area contributed by atoms with Gasteiger partial charge in [-0.3, -0.25) is 4.99 Å². The first-order valence-electron chi connectivity index (χ1n) is 5.34. The lowest BCUT2D eigenvalue weighted by atomic mass is 10.2. The van der Waals surface area contributed by atoms with E-state index in [1.54, 1.807) is 7.11 Å². The first-order chi connectivity index (χ1) is 7.72. The molecule has 16 heavy (non-hydrogen) atoms. The second-order valence-electron chi connectivity index (χ2n) is 3.85. The van der Waals surface area contributed by atoms with Crippen LogP contribution >= 0.6 is 11.3 Å². The van der Waals surface area contributed by atoms with E-state index in [1.165, 1.54) is 9.75 Å². The third kappa shape index (κ3) is 2.20. The van der Waals surface area contributed by atoms with E-state index >= 15 is 0 Å². The monoisotopic (exact) mass is 239 g/mol. The molecule has 0 saturated heterocycles. The summed E-state index contributed by atoms with van der Waals surface area (Å²) >= 11 is 1.81. The fraction of sp³-hybridized carbons (Fsp3) is 0.545. The average molecular weight is 239 g/mol. The van der Waals surface area contributed by atoms with Crippen molar-refractivity contribution >= 4 is 17.3 Å². The van der Waals surface area contributed by atoms with Gasteiger partial charge in [-0.1, -0.05) is 0 Å². The standard InChI is InChI=1S/C11H17N3OS/c1-8-3-4-10(16-8)9-7-13-11(12)14(9)5-6-15-2/h3-4,9H,5-7H2,1-2H3,(H2,12,13). The lowest BCUT2D eigenvalue weighted by Gasteiger charge is -2.24. The molecule has 1 aromatic rings. The Kier molecular flexibility index (Phi) is 3.46. The summed E-state index contributed by atoms with van der Waals surface area (Å²) in [7, 11) is 1.70.